The number of carbonyl (C=O) groups excluding carboxylic acids is 2. The van der Waals surface area contributed by atoms with Crippen LogP contribution >= 0.6 is 23.1 Å². The number of fused-ring (bicyclic) bond motifs is 1. The summed E-state index contributed by atoms with van der Waals surface area (Å²) in [6.45, 7) is 0.942. The minimum atomic E-state index is -1.19. The van der Waals surface area contributed by atoms with E-state index in [1.54, 1.807) is 5.38 Å². The summed E-state index contributed by atoms with van der Waals surface area (Å²) in [6.07, 6.45) is 4.19. The van der Waals surface area contributed by atoms with E-state index in [-0.39, 0.29) is 28.8 Å². The lowest BCUT2D eigenvalue weighted by Gasteiger charge is -2.49. The molecule has 1 saturated heterocycles. The zero-order chi connectivity index (χ0) is 24.9. The third-order valence-electron chi connectivity index (χ3n) is 5.26. The van der Waals surface area contributed by atoms with Crippen LogP contribution in [0.15, 0.2) is 52.4 Å². The van der Waals surface area contributed by atoms with Gasteiger partial charge < -0.3 is 26.7 Å². The van der Waals surface area contributed by atoms with Gasteiger partial charge in [0.1, 0.15) is 29.4 Å². The van der Waals surface area contributed by atoms with Crippen LogP contribution in [-0.2, 0) is 25.8 Å². The first-order chi connectivity index (χ1) is 16.9. The molecule has 2 aromatic heterocycles. The van der Waals surface area contributed by atoms with E-state index < -0.39 is 29.2 Å². The average Bonchev–Trinajstić information content (AvgIpc) is 3.28. The molecule has 0 unspecified atom stereocenters. The van der Waals surface area contributed by atoms with Crippen LogP contribution in [0.5, 0.6) is 0 Å². The summed E-state index contributed by atoms with van der Waals surface area (Å²) >= 11 is 2.52. The molecule has 2 aliphatic heterocycles. The molecule has 184 valence electrons. The number of amides is 2. The number of anilines is 1. The second kappa shape index (κ2) is 10.8. The Bertz CT molecular complexity index is 1180. The highest BCUT2D eigenvalue weighted by Gasteiger charge is 2.54. The topological polar surface area (TPSA) is 177 Å². The van der Waals surface area contributed by atoms with E-state index in [2.05, 4.69) is 15.5 Å². The SMILES string of the molecule is NCCCON=C(C(=O)N[C@@H]1C(=O)N2C(C(=O)O)=C(C[n+]3ccccc3)CS[C@@H]12)c1csc(N)n1. The number of aliphatic carboxylic acids is 1. The van der Waals surface area contributed by atoms with E-state index in [0.717, 1.165) is 11.3 Å². The summed E-state index contributed by atoms with van der Waals surface area (Å²) in [4.78, 5) is 48.6. The summed E-state index contributed by atoms with van der Waals surface area (Å²) in [5.41, 5.74) is 11.8. The van der Waals surface area contributed by atoms with Gasteiger partial charge in [0.2, 0.25) is 0 Å². The largest absolute Gasteiger partial charge is 0.477 e. The number of carboxylic acids is 1. The number of thiazole rings is 1. The van der Waals surface area contributed by atoms with Crippen molar-refractivity contribution in [1.29, 1.82) is 0 Å². The Balaban J connectivity index is 1.51. The van der Waals surface area contributed by atoms with Crippen molar-refractivity contribution in [3.8, 4) is 0 Å². The predicted octanol–water partition coefficient (Wildman–Crippen LogP) is -0.479. The molecule has 4 heterocycles. The normalized spacial score (nSPS) is 19.7. The first kappa shape index (κ1) is 24.6. The molecule has 0 saturated carbocycles. The number of pyridine rings is 1. The first-order valence-corrected chi connectivity index (χ1v) is 12.6. The number of rotatable bonds is 10. The van der Waals surface area contributed by atoms with Crippen LogP contribution in [0, 0.1) is 0 Å². The maximum absolute atomic E-state index is 13.0. The molecule has 0 aromatic carbocycles. The first-order valence-electron chi connectivity index (χ1n) is 10.7. The van der Waals surface area contributed by atoms with Gasteiger partial charge in [0, 0.05) is 28.8 Å². The number of nitrogens with two attached hydrogens (primary N) is 2. The molecule has 6 N–H and O–H groups in total. The number of carbonyl (C=O) groups is 3. The Morgan fingerprint density at radius 3 is 2.77 bits per heavy atom. The number of nitrogen functional groups attached to an aromatic ring is 1. The number of nitrogens with zero attached hydrogens (tertiary/aromatic N) is 4. The smallest absolute Gasteiger partial charge is 0.352 e. The van der Waals surface area contributed by atoms with Crippen LogP contribution < -0.4 is 21.4 Å². The van der Waals surface area contributed by atoms with Gasteiger partial charge in [0.05, 0.1) is 0 Å². The van der Waals surface area contributed by atoms with Crippen molar-refractivity contribution in [2.24, 2.45) is 10.9 Å². The molecule has 0 spiro atoms. The highest BCUT2D eigenvalue weighted by molar-refractivity contribution is 8.00. The molecule has 35 heavy (non-hydrogen) atoms. The van der Waals surface area contributed by atoms with E-state index >= 15 is 0 Å². The number of nitrogens with one attached hydrogen (secondary N) is 1. The number of oxime groups is 1. The van der Waals surface area contributed by atoms with E-state index in [0.29, 0.717) is 30.8 Å². The van der Waals surface area contributed by atoms with Crippen molar-refractivity contribution in [3.05, 3.63) is 52.9 Å². The number of carboxylic acid groups (broad SMARTS) is 1. The van der Waals surface area contributed by atoms with Gasteiger partial charge in [0.25, 0.3) is 11.8 Å². The molecule has 1 fully saturated rings. The second-order valence-corrected chi connectivity index (χ2v) is 9.65. The molecule has 2 amide bonds. The average molecular weight is 519 g/mol. The molecule has 2 aromatic rings. The van der Waals surface area contributed by atoms with Gasteiger partial charge >= 0.3 is 5.97 Å². The van der Waals surface area contributed by atoms with E-state index in [1.165, 1.54) is 16.7 Å². The fraction of sp³-hybridized carbons (Fsp3) is 0.333. The van der Waals surface area contributed by atoms with Gasteiger partial charge in [-0.2, -0.15) is 0 Å². The van der Waals surface area contributed by atoms with Crippen LogP contribution in [0.25, 0.3) is 0 Å². The number of hydrogen-bond donors (Lipinski definition) is 4. The summed E-state index contributed by atoms with van der Waals surface area (Å²) in [5.74, 6) is -1.97. The van der Waals surface area contributed by atoms with Crippen LogP contribution in [0.1, 0.15) is 12.1 Å². The van der Waals surface area contributed by atoms with Gasteiger partial charge in [-0.05, 0) is 13.0 Å². The van der Waals surface area contributed by atoms with Crippen LogP contribution in [0.2, 0.25) is 0 Å². The van der Waals surface area contributed by atoms with Crippen molar-refractivity contribution in [3.63, 3.8) is 0 Å². The Morgan fingerprint density at radius 1 is 1.34 bits per heavy atom. The van der Waals surface area contributed by atoms with Gasteiger partial charge in [-0.1, -0.05) is 11.2 Å². The van der Waals surface area contributed by atoms with Crippen LogP contribution in [0.3, 0.4) is 0 Å². The van der Waals surface area contributed by atoms with Crippen molar-refractivity contribution >= 4 is 51.7 Å². The zero-order valence-electron chi connectivity index (χ0n) is 18.5. The molecule has 0 aliphatic carbocycles. The maximum Gasteiger partial charge on any atom is 0.352 e. The minimum absolute atomic E-state index is 0.0492. The standard InChI is InChI=1S/C21H23N7O5S2/c22-5-4-8-33-26-14(13-11-35-21(23)24-13)17(29)25-15-18(30)28-16(20(31)32)12(10-34-19(15)28)9-27-6-2-1-3-7-27/h1-3,6-7,11,15,19H,4-5,8-10,22H2,(H3-,23,24,25,29,31,32)/p+1/t15-,19+/m1/s1. The molecule has 12 nitrogen and oxygen atoms in total. The van der Waals surface area contributed by atoms with Crippen molar-refractivity contribution in [1.82, 2.24) is 15.2 Å². The highest BCUT2D eigenvalue weighted by Crippen LogP contribution is 2.40. The second-order valence-electron chi connectivity index (χ2n) is 7.65. The van der Waals surface area contributed by atoms with Gasteiger partial charge in [0.15, 0.2) is 29.8 Å². The highest BCUT2D eigenvalue weighted by atomic mass is 32.2. The Labute approximate surface area is 208 Å². The molecule has 4 rings (SSSR count). The third-order valence-corrected chi connectivity index (χ3v) is 7.28. The van der Waals surface area contributed by atoms with E-state index in [1.807, 2.05) is 35.2 Å². The molecule has 0 radical (unpaired) electrons. The third kappa shape index (κ3) is 5.28. The lowest BCUT2D eigenvalue weighted by Crippen LogP contribution is -2.71. The summed E-state index contributed by atoms with van der Waals surface area (Å²) in [7, 11) is 0. The van der Waals surface area contributed by atoms with Gasteiger partial charge in [-0.25, -0.2) is 14.3 Å². The molecule has 2 aliphatic rings. The van der Waals surface area contributed by atoms with E-state index in [4.69, 9.17) is 16.3 Å². The number of thioether (sulfide) groups is 1. The summed E-state index contributed by atoms with van der Waals surface area (Å²) in [6, 6.07) is 4.63. The molecule has 14 heteroatoms. The Kier molecular flexibility index (Phi) is 7.63. The molecule has 0 bridgehead atoms. The lowest BCUT2D eigenvalue weighted by molar-refractivity contribution is -0.689. The Morgan fingerprint density at radius 2 is 2.11 bits per heavy atom. The zero-order valence-corrected chi connectivity index (χ0v) is 20.1. The number of aromatic nitrogens is 2. The lowest BCUT2D eigenvalue weighted by atomic mass is 10.0. The van der Waals surface area contributed by atoms with Gasteiger partial charge in [-0.15, -0.1) is 23.1 Å². The Hall–Kier alpha value is -3.49. The maximum atomic E-state index is 13.0. The van der Waals surface area contributed by atoms with Crippen molar-refractivity contribution < 1.29 is 28.9 Å². The minimum Gasteiger partial charge on any atom is -0.477 e. The summed E-state index contributed by atoms with van der Waals surface area (Å²) < 4.78 is 1.84. The van der Waals surface area contributed by atoms with E-state index in [9.17, 15) is 19.5 Å². The monoisotopic (exact) mass is 518 g/mol. The number of β-lactam (4-membered cyclic amide) rings is 1. The fourth-order valence-electron chi connectivity index (χ4n) is 3.63. The molecular formula is C21H24N7O5S2+. The van der Waals surface area contributed by atoms with Crippen molar-refractivity contribution in [2.75, 3.05) is 24.6 Å². The van der Waals surface area contributed by atoms with Gasteiger partial charge in [-0.3, -0.25) is 14.5 Å². The van der Waals surface area contributed by atoms with Crippen molar-refractivity contribution in [2.45, 2.75) is 24.4 Å². The number of hydrogen-bond acceptors (Lipinski definition) is 10. The fourth-order valence-corrected chi connectivity index (χ4v) is 5.52. The summed E-state index contributed by atoms with van der Waals surface area (Å²) in [5, 5.41) is 17.6. The predicted molar refractivity (Wildman–Crippen MR) is 129 cm³/mol. The quantitative estimate of drug-likeness (QED) is 0.106. The van der Waals surface area contributed by atoms with Crippen LogP contribution in [0.4, 0.5) is 5.13 Å². The molecular weight excluding hydrogens is 494 g/mol. The van der Waals surface area contributed by atoms with Crippen LogP contribution in [-0.4, -0.2) is 68.8 Å². The molecule has 2 atom stereocenters.